The summed E-state index contributed by atoms with van der Waals surface area (Å²) >= 11 is 0. The molecule has 112 valence electrons. The molecule has 0 aliphatic heterocycles. The van der Waals surface area contributed by atoms with Gasteiger partial charge < -0.3 is 5.32 Å². The highest BCUT2D eigenvalue weighted by atomic mass is 19.1. The number of hydrogen-bond donors (Lipinski definition) is 1. The fourth-order valence-electron chi connectivity index (χ4n) is 2.61. The summed E-state index contributed by atoms with van der Waals surface area (Å²) in [6.45, 7) is 8.73. The summed E-state index contributed by atoms with van der Waals surface area (Å²) in [6, 6.07) is 17.5. The van der Waals surface area contributed by atoms with Crippen LogP contribution in [-0.4, -0.2) is 0 Å². The molecular weight excluding hydrogens is 261 g/mol. The van der Waals surface area contributed by atoms with Gasteiger partial charge in [-0.2, -0.15) is 0 Å². The van der Waals surface area contributed by atoms with Gasteiger partial charge >= 0.3 is 0 Å². The van der Waals surface area contributed by atoms with E-state index in [0.717, 1.165) is 5.56 Å². The van der Waals surface area contributed by atoms with Gasteiger partial charge in [-0.05, 0) is 35.6 Å². The van der Waals surface area contributed by atoms with Crippen molar-refractivity contribution in [2.24, 2.45) is 5.41 Å². The summed E-state index contributed by atoms with van der Waals surface area (Å²) in [7, 11) is 0. The highest BCUT2D eigenvalue weighted by Gasteiger charge is 2.27. The van der Waals surface area contributed by atoms with Crippen LogP contribution in [0.15, 0.2) is 54.6 Å². The highest BCUT2D eigenvalue weighted by molar-refractivity contribution is 5.24. The van der Waals surface area contributed by atoms with Crippen molar-refractivity contribution >= 4 is 0 Å². The lowest BCUT2D eigenvalue weighted by molar-refractivity contribution is 0.254. The Labute approximate surface area is 127 Å². The summed E-state index contributed by atoms with van der Waals surface area (Å²) in [4.78, 5) is 0. The molecule has 0 fully saturated rings. The fraction of sp³-hybridized carbons (Fsp3) is 0.368. The van der Waals surface area contributed by atoms with Crippen LogP contribution >= 0.6 is 0 Å². The summed E-state index contributed by atoms with van der Waals surface area (Å²) < 4.78 is 13.4. The van der Waals surface area contributed by atoms with E-state index in [0.29, 0.717) is 0 Å². The third-order valence-corrected chi connectivity index (χ3v) is 3.76. The molecule has 0 aliphatic carbocycles. The molecule has 2 heteroatoms. The van der Waals surface area contributed by atoms with E-state index >= 15 is 0 Å². The third kappa shape index (κ3) is 4.15. The Bertz CT molecular complexity index is 572. The van der Waals surface area contributed by atoms with Crippen LogP contribution in [0.4, 0.5) is 4.39 Å². The zero-order chi connectivity index (χ0) is 15.5. The third-order valence-electron chi connectivity index (χ3n) is 3.76. The Kier molecular flexibility index (Phi) is 4.79. The molecule has 0 saturated carbocycles. The molecule has 0 spiro atoms. The predicted molar refractivity (Wildman–Crippen MR) is 86.6 cm³/mol. The van der Waals surface area contributed by atoms with Gasteiger partial charge in [0.15, 0.2) is 0 Å². The molecule has 0 saturated heterocycles. The van der Waals surface area contributed by atoms with E-state index in [4.69, 9.17) is 0 Å². The fourth-order valence-corrected chi connectivity index (χ4v) is 2.61. The van der Waals surface area contributed by atoms with E-state index in [9.17, 15) is 4.39 Å². The summed E-state index contributed by atoms with van der Waals surface area (Å²) in [5, 5.41) is 3.65. The Morgan fingerprint density at radius 3 is 2.10 bits per heavy atom. The quantitative estimate of drug-likeness (QED) is 0.807. The average Bonchev–Trinajstić information content (AvgIpc) is 2.44. The zero-order valence-corrected chi connectivity index (χ0v) is 13.2. The van der Waals surface area contributed by atoms with Crippen molar-refractivity contribution < 1.29 is 4.39 Å². The standard InChI is InChI=1S/C19H24FN/c1-14(16-11-8-12-17(20)13-16)21-18(19(2,3)4)15-9-6-5-7-10-15/h5-14,18,21H,1-4H3. The number of nitrogens with one attached hydrogen (secondary N) is 1. The van der Waals surface area contributed by atoms with Crippen LogP contribution in [0.25, 0.3) is 0 Å². The second-order valence-corrected chi connectivity index (χ2v) is 6.65. The number of rotatable bonds is 4. The molecule has 2 rings (SSSR count). The van der Waals surface area contributed by atoms with Crippen molar-refractivity contribution in [3.05, 3.63) is 71.5 Å². The van der Waals surface area contributed by atoms with E-state index in [-0.39, 0.29) is 23.3 Å². The van der Waals surface area contributed by atoms with Crippen LogP contribution in [0.2, 0.25) is 0 Å². The molecule has 0 bridgehead atoms. The molecule has 0 radical (unpaired) electrons. The van der Waals surface area contributed by atoms with Crippen LogP contribution in [-0.2, 0) is 0 Å². The first-order valence-corrected chi connectivity index (χ1v) is 7.44. The Morgan fingerprint density at radius 1 is 0.905 bits per heavy atom. The van der Waals surface area contributed by atoms with Crippen LogP contribution < -0.4 is 5.32 Å². The normalized spacial score (nSPS) is 14.7. The molecule has 0 amide bonds. The van der Waals surface area contributed by atoms with Crippen LogP contribution in [0.5, 0.6) is 0 Å². The van der Waals surface area contributed by atoms with E-state index in [1.165, 1.54) is 11.6 Å². The van der Waals surface area contributed by atoms with Crippen LogP contribution in [0.3, 0.4) is 0 Å². The molecule has 2 aromatic carbocycles. The number of benzene rings is 2. The summed E-state index contributed by atoms with van der Waals surface area (Å²) in [5.74, 6) is -0.187. The monoisotopic (exact) mass is 285 g/mol. The van der Waals surface area contributed by atoms with Crippen molar-refractivity contribution in [3.63, 3.8) is 0 Å². The maximum Gasteiger partial charge on any atom is 0.123 e. The molecule has 0 heterocycles. The summed E-state index contributed by atoms with van der Waals surface area (Å²) in [6.07, 6.45) is 0. The van der Waals surface area contributed by atoms with E-state index < -0.39 is 0 Å². The Hall–Kier alpha value is -1.67. The first kappa shape index (κ1) is 15.7. The van der Waals surface area contributed by atoms with Gasteiger partial charge in [0.25, 0.3) is 0 Å². The molecular formula is C19H24FN. The Morgan fingerprint density at radius 2 is 1.52 bits per heavy atom. The molecule has 2 aromatic rings. The second kappa shape index (κ2) is 6.40. The van der Waals surface area contributed by atoms with E-state index in [1.54, 1.807) is 12.1 Å². The van der Waals surface area contributed by atoms with Crippen molar-refractivity contribution in [1.82, 2.24) is 5.32 Å². The van der Waals surface area contributed by atoms with Crippen molar-refractivity contribution in [2.75, 3.05) is 0 Å². The van der Waals surface area contributed by atoms with Crippen molar-refractivity contribution in [3.8, 4) is 0 Å². The molecule has 0 aromatic heterocycles. The lowest BCUT2D eigenvalue weighted by Crippen LogP contribution is -2.34. The van der Waals surface area contributed by atoms with Crippen LogP contribution in [0, 0.1) is 11.2 Å². The van der Waals surface area contributed by atoms with Crippen LogP contribution in [0.1, 0.15) is 50.9 Å². The second-order valence-electron chi connectivity index (χ2n) is 6.65. The minimum Gasteiger partial charge on any atom is -0.303 e. The van der Waals surface area contributed by atoms with Gasteiger partial charge in [-0.1, -0.05) is 63.2 Å². The molecule has 1 N–H and O–H groups in total. The molecule has 2 atom stereocenters. The SMILES string of the molecule is CC(NC(c1ccccc1)C(C)(C)C)c1cccc(F)c1. The van der Waals surface area contributed by atoms with Gasteiger partial charge in [-0.3, -0.25) is 0 Å². The topological polar surface area (TPSA) is 12.0 Å². The average molecular weight is 285 g/mol. The maximum atomic E-state index is 13.4. The molecule has 1 nitrogen and oxygen atoms in total. The Balaban J connectivity index is 2.24. The van der Waals surface area contributed by atoms with Gasteiger partial charge in [0.2, 0.25) is 0 Å². The first-order valence-electron chi connectivity index (χ1n) is 7.44. The highest BCUT2D eigenvalue weighted by Crippen LogP contribution is 2.34. The van der Waals surface area contributed by atoms with Crippen molar-refractivity contribution in [1.29, 1.82) is 0 Å². The summed E-state index contributed by atoms with van der Waals surface area (Å²) in [5.41, 5.74) is 2.30. The van der Waals surface area contributed by atoms with Gasteiger partial charge in [0, 0.05) is 12.1 Å². The van der Waals surface area contributed by atoms with Gasteiger partial charge in [0.05, 0.1) is 0 Å². The predicted octanol–water partition coefficient (Wildman–Crippen LogP) is 5.26. The zero-order valence-electron chi connectivity index (χ0n) is 13.2. The lowest BCUT2D eigenvalue weighted by atomic mass is 9.81. The maximum absolute atomic E-state index is 13.4. The minimum absolute atomic E-state index is 0.0724. The van der Waals surface area contributed by atoms with E-state index in [1.807, 2.05) is 12.1 Å². The smallest absolute Gasteiger partial charge is 0.123 e. The van der Waals surface area contributed by atoms with Gasteiger partial charge in [-0.15, -0.1) is 0 Å². The first-order chi connectivity index (χ1) is 9.88. The number of halogens is 1. The lowest BCUT2D eigenvalue weighted by Gasteiger charge is -2.34. The molecule has 0 aliphatic rings. The van der Waals surface area contributed by atoms with Gasteiger partial charge in [0.1, 0.15) is 5.82 Å². The molecule has 21 heavy (non-hydrogen) atoms. The minimum atomic E-state index is -0.187. The largest absolute Gasteiger partial charge is 0.303 e. The number of hydrogen-bond acceptors (Lipinski definition) is 1. The van der Waals surface area contributed by atoms with Crippen molar-refractivity contribution in [2.45, 2.75) is 39.8 Å². The van der Waals surface area contributed by atoms with E-state index in [2.05, 4.69) is 57.3 Å². The molecule has 2 unspecified atom stereocenters. The van der Waals surface area contributed by atoms with Gasteiger partial charge in [-0.25, -0.2) is 4.39 Å².